The molecule has 1 N–H and O–H groups in total. The SMILES string of the molecule is N#Cc1ccc(O)c(-c2cc3ccc(C#N)cc3o2)c1. The van der Waals surface area contributed by atoms with E-state index in [1.165, 1.54) is 12.1 Å². The van der Waals surface area contributed by atoms with Crippen LogP contribution >= 0.6 is 0 Å². The highest BCUT2D eigenvalue weighted by Gasteiger charge is 2.11. The molecule has 0 radical (unpaired) electrons. The second-order valence-electron chi connectivity index (χ2n) is 4.32. The van der Waals surface area contributed by atoms with Crippen molar-refractivity contribution in [2.24, 2.45) is 0 Å². The van der Waals surface area contributed by atoms with Crippen LogP contribution < -0.4 is 0 Å². The molecule has 1 heterocycles. The molecule has 3 aromatic rings. The molecular formula is C16H8N2O2. The van der Waals surface area contributed by atoms with Gasteiger partial charge in [0.05, 0.1) is 28.8 Å². The maximum atomic E-state index is 9.89. The summed E-state index contributed by atoms with van der Waals surface area (Å²) in [5.41, 5.74) is 1.98. The smallest absolute Gasteiger partial charge is 0.139 e. The minimum atomic E-state index is 0.0450. The van der Waals surface area contributed by atoms with Crippen LogP contribution in [0.2, 0.25) is 0 Å². The zero-order chi connectivity index (χ0) is 14.1. The number of aromatic hydroxyl groups is 1. The second kappa shape index (κ2) is 4.46. The van der Waals surface area contributed by atoms with Crippen LogP contribution in [0.25, 0.3) is 22.3 Å². The summed E-state index contributed by atoms with van der Waals surface area (Å²) in [6.45, 7) is 0. The number of nitrogens with zero attached hydrogens (tertiary/aromatic N) is 2. The van der Waals surface area contributed by atoms with Crippen molar-refractivity contribution in [1.29, 1.82) is 10.5 Å². The molecule has 0 bridgehead atoms. The van der Waals surface area contributed by atoms with Gasteiger partial charge in [-0.05, 0) is 42.5 Å². The molecule has 1 aromatic heterocycles. The molecule has 20 heavy (non-hydrogen) atoms. The van der Waals surface area contributed by atoms with Crippen molar-refractivity contribution in [3.05, 3.63) is 53.6 Å². The van der Waals surface area contributed by atoms with E-state index in [0.29, 0.717) is 28.0 Å². The Morgan fingerprint density at radius 1 is 0.900 bits per heavy atom. The average Bonchev–Trinajstić information content (AvgIpc) is 2.90. The first-order valence-corrected chi connectivity index (χ1v) is 5.88. The maximum Gasteiger partial charge on any atom is 0.139 e. The lowest BCUT2D eigenvalue weighted by Crippen LogP contribution is -1.79. The molecular weight excluding hydrogens is 252 g/mol. The van der Waals surface area contributed by atoms with E-state index in [9.17, 15) is 5.11 Å². The van der Waals surface area contributed by atoms with Gasteiger partial charge in [0.15, 0.2) is 0 Å². The van der Waals surface area contributed by atoms with Gasteiger partial charge in [-0.2, -0.15) is 10.5 Å². The Bertz CT molecular complexity index is 895. The molecule has 0 atom stereocenters. The largest absolute Gasteiger partial charge is 0.507 e. The van der Waals surface area contributed by atoms with Crippen LogP contribution in [0.5, 0.6) is 5.75 Å². The molecule has 2 aromatic carbocycles. The number of rotatable bonds is 1. The van der Waals surface area contributed by atoms with E-state index in [1.54, 1.807) is 30.3 Å². The van der Waals surface area contributed by atoms with Crippen molar-refractivity contribution in [3.63, 3.8) is 0 Å². The van der Waals surface area contributed by atoms with Gasteiger partial charge in [-0.1, -0.05) is 0 Å². The quantitative estimate of drug-likeness (QED) is 0.725. The first-order valence-electron chi connectivity index (χ1n) is 5.88. The van der Waals surface area contributed by atoms with Crippen LogP contribution in [-0.4, -0.2) is 5.11 Å². The molecule has 0 amide bonds. The number of hydrogen-bond acceptors (Lipinski definition) is 4. The highest BCUT2D eigenvalue weighted by atomic mass is 16.3. The summed E-state index contributed by atoms with van der Waals surface area (Å²) in [6, 6.07) is 15.5. The van der Waals surface area contributed by atoms with Gasteiger partial charge in [0, 0.05) is 5.39 Å². The minimum Gasteiger partial charge on any atom is -0.507 e. The Hall–Kier alpha value is -3.24. The van der Waals surface area contributed by atoms with E-state index in [0.717, 1.165) is 5.39 Å². The molecule has 0 aliphatic heterocycles. The van der Waals surface area contributed by atoms with Crippen LogP contribution in [0, 0.1) is 22.7 Å². The highest BCUT2D eigenvalue weighted by Crippen LogP contribution is 2.34. The van der Waals surface area contributed by atoms with Crippen molar-refractivity contribution in [3.8, 4) is 29.2 Å². The summed E-state index contributed by atoms with van der Waals surface area (Å²) in [5.74, 6) is 0.508. The van der Waals surface area contributed by atoms with Crippen LogP contribution in [-0.2, 0) is 0 Å². The van der Waals surface area contributed by atoms with Gasteiger partial charge in [0.1, 0.15) is 17.1 Å². The third kappa shape index (κ3) is 1.86. The molecule has 0 saturated heterocycles. The number of hydrogen-bond donors (Lipinski definition) is 1. The predicted molar refractivity (Wildman–Crippen MR) is 72.7 cm³/mol. The van der Waals surface area contributed by atoms with Crippen molar-refractivity contribution < 1.29 is 9.52 Å². The third-order valence-electron chi connectivity index (χ3n) is 3.04. The predicted octanol–water partition coefficient (Wildman–Crippen LogP) is 3.55. The molecule has 0 spiro atoms. The molecule has 0 unspecified atom stereocenters. The number of benzene rings is 2. The highest BCUT2D eigenvalue weighted by molar-refractivity contribution is 5.85. The molecule has 4 heteroatoms. The van der Waals surface area contributed by atoms with Gasteiger partial charge >= 0.3 is 0 Å². The minimum absolute atomic E-state index is 0.0450. The fraction of sp³-hybridized carbons (Fsp3) is 0. The fourth-order valence-electron chi connectivity index (χ4n) is 2.04. The Morgan fingerprint density at radius 3 is 2.35 bits per heavy atom. The average molecular weight is 260 g/mol. The normalized spacial score (nSPS) is 10.1. The number of furan rings is 1. The molecule has 0 fully saturated rings. The van der Waals surface area contributed by atoms with Crippen LogP contribution in [0.3, 0.4) is 0 Å². The van der Waals surface area contributed by atoms with E-state index in [4.69, 9.17) is 14.9 Å². The summed E-state index contributed by atoms with van der Waals surface area (Å²) in [7, 11) is 0. The maximum absolute atomic E-state index is 9.89. The topological polar surface area (TPSA) is 81.0 Å². The molecule has 3 rings (SSSR count). The zero-order valence-corrected chi connectivity index (χ0v) is 10.3. The lowest BCUT2D eigenvalue weighted by molar-refractivity contribution is 0.474. The van der Waals surface area contributed by atoms with Gasteiger partial charge in [0.2, 0.25) is 0 Å². The van der Waals surface area contributed by atoms with E-state index < -0.39 is 0 Å². The van der Waals surface area contributed by atoms with Crippen LogP contribution in [0.15, 0.2) is 46.9 Å². The van der Waals surface area contributed by atoms with Crippen LogP contribution in [0.1, 0.15) is 11.1 Å². The summed E-state index contributed by atoms with van der Waals surface area (Å²) >= 11 is 0. The van der Waals surface area contributed by atoms with Gasteiger partial charge in [-0.3, -0.25) is 0 Å². The Balaban J connectivity index is 2.20. The van der Waals surface area contributed by atoms with Crippen molar-refractivity contribution in [2.75, 3.05) is 0 Å². The number of phenolic OH excluding ortho intramolecular Hbond substituents is 1. The number of phenols is 1. The van der Waals surface area contributed by atoms with Crippen molar-refractivity contribution >= 4 is 11.0 Å². The standard InChI is InChI=1S/C16H8N2O2/c17-8-10-2-4-14(19)13(5-10)16-7-12-3-1-11(9-18)6-15(12)20-16/h1-7,19H. The molecule has 4 nitrogen and oxygen atoms in total. The third-order valence-corrected chi connectivity index (χ3v) is 3.04. The number of nitriles is 2. The van der Waals surface area contributed by atoms with E-state index in [1.807, 2.05) is 12.1 Å². The summed E-state index contributed by atoms with van der Waals surface area (Å²) in [6.07, 6.45) is 0. The van der Waals surface area contributed by atoms with E-state index in [-0.39, 0.29) is 5.75 Å². The summed E-state index contributed by atoms with van der Waals surface area (Å²) in [5, 5.41) is 28.5. The molecule has 0 saturated carbocycles. The Labute approximate surface area is 114 Å². The Morgan fingerprint density at radius 2 is 1.60 bits per heavy atom. The van der Waals surface area contributed by atoms with E-state index in [2.05, 4.69) is 0 Å². The molecule has 0 aliphatic carbocycles. The molecule has 94 valence electrons. The first-order chi connectivity index (χ1) is 9.71. The van der Waals surface area contributed by atoms with Crippen molar-refractivity contribution in [1.82, 2.24) is 0 Å². The zero-order valence-electron chi connectivity index (χ0n) is 10.3. The van der Waals surface area contributed by atoms with Gasteiger partial charge in [-0.25, -0.2) is 0 Å². The van der Waals surface area contributed by atoms with E-state index >= 15 is 0 Å². The fourth-order valence-corrected chi connectivity index (χ4v) is 2.04. The summed E-state index contributed by atoms with van der Waals surface area (Å²) in [4.78, 5) is 0. The number of fused-ring (bicyclic) bond motifs is 1. The Kier molecular flexibility index (Phi) is 2.64. The van der Waals surface area contributed by atoms with Gasteiger partial charge in [-0.15, -0.1) is 0 Å². The lowest BCUT2D eigenvalue weighted by Gasteiger charge is -2.00. The second-order valence-corrected chi connectivity index (χ2v) is 4.32. The van der Waals surface area contributed by atoms with Gasteiger partial charge in [0.25, 0.3) is 0 Å². The monoisotopic (exact) mass is 260 g/mol. The van der Waals surface area contributed by atoms with Crippen molar-refractivity contribution in [2.45, 2.75) is 0 Å². The first kappa shape index (κ1) is 11.8. The van der Waals surface area contributed by atoms with Gasteiger partial charge < -0.3 is 9.52 Å². The lowest BCUT2D eigenvalue weighted by atomic mass is 10.1. The summed E-state index contributed by atoms with van der Waals surface area (Å²) < 4.78 is 5.66. The van der Waals surface area contributed by atoms with Crippen LogP contribution in [0.4, 0.5) is 0 Å². The molecule has 0 aliphatic rings.